The van der Waals surface area contributed by atoms with Crippen LogP contribution >= 0.6 is 0 Å². The van der Waals surface area contributed by atoms with Crippen molar-refractivity contribution in [1.82, 2.24) is 20.3 Å². The third-order valence-corrected chi connectivity index (χ3v) is 4.42. The number of carbonyl (C=O) groups is 1. The van der Waals surface area contributed by atoms with Crippen LogP contribution in [-0.2, 0) is 11.3 Å². The number of benzene rings is 1. The van der Waals surface area contributed by atoms with Crippen LogP contribution in [0.4, 0.5) is 0 Å². The number of rotatable bonds is 5. The Hall–Kier alpha value is -3.73. The first-order chi connectivity index (χ1) is 13.2. The second-order valence-electron chi connectivity index (χ2n) is 6.19. The second kappa shape index (κ2) is 7.25. The molecule has 4 rings (SSSR count). The average Bonchev–Trinajstić information content (AvgIpc) is 3.16. The highest BCUT2D eigenvalue weighted by Gasteiger charge is 2.09. The van der Waals surface area contributed by atoms with E-state index in [4.69, 9.17) is 0 Å². The van der Waals surface area contributed by atoms with Gasteiger partial charge in [0.05, 0.1) is 0 Å². The number of nitrogens with zero attached hydrogens (tertiary/aromatic N) is 2. The first-order valence-electron chi connectivity index (χ1n) is 8.62. The van der Waals surface area contributed by atoms with Gasteiger partial charge in [-0.2, -0.15) is 0 Å². The van der Waals surface area contributed by atoms with Crippen LogP contribution in [0.5, 0.6) is 0 Å². The molecule has 0 unspecified atom stereocenters. The number of carbonyl (C=O) groups excluding carboxylic acids is 1. The molecule has 27 heavy (non-hydrogen) atoms. The maximum atomic E-state index is 11.4. The zero-order valence-electron chi connectivity index (χ0n) is 14.6. The SMILES string of the molecule is C=CC(=O)NCc1cccc(-c2cnc3[nH]cc(-c4cccnc4)c3c2)c1. The molecule has 5 heteroatoms. The number of pyridine rings is 2. The predicted octanol–water partition coefficient (Wildman–Crippen LogP) is 4.09. The van der Waals surface area contributed by atoms with Crippen LogP contribution in [0.15, 0.2) is 79.9 Å². The van der Waals surface area contributed by atoms with Gasteiger partial charge in [-0.3, -0.25) is 9.78 Å². The Labute approximate surface area is 156 Å². The van der Waals surface area contributed by atoms with Gasteiger partial charge >= 0.3 is 0 Å². The van der Waals surface area contributed by atoms with Crippen molar-refractivity contribution in [3.05, 3.63) is 85.5 Å². The van der Waals surface area contributed by atoms with Crippen molar-refractivity contribution >= 4 is 16.9 Å². The van der Waals surface area contributed by atoms with Crippen molar-refractivity contribution in [3.63, 3.8) is 0 Å². The maximum absolute atomic E-state index is 11.4. The number of aromatic amines is 1. The molecular formula is C22H18N4O. The van der Waals surface area contributed by atoms with E-state index in [2.05, 4.69) is 39.0 Å². The first kappa shape index (κ1) is 16.7. The van der Waals surface area contributed by atoms with E-state index in [-0.39, 0.29) is 5.91 Å². The number of fused-ring (bicyclic) bond motifs is 1. The summed E-state index contributed by atoms with van der Waals surface area (Å²) in [5.41, 5.74) is 6.04. The Morgan fingerprint density at radius 3 is 2.81 bits per heavy atom. The van der Waals surface area contributed by atoms with Gasteiger partial charge in [0.2, 0.25) is 5.91 Å². The summed E-state index contributed by atoms with van der Waals surface area (Å²) in [5, 5.41) is 3.85. The van der Waals surface area contributed by atoms with E-state index in [1.165, 1.54) is 6.08 Å². The summed E-state index contributed by atoms with van der Waals surface area (Å²) in [5.74, 6) is -0.183. The molecule has 5 nitrogen and oxygen atoms in total. The monoisotopic (exact) mass is 354 g/mol. The molecule has 0 bridgehead atoms. The minimum atomic E-state index is -0.183. The smallest absolute Gasteiger partial charge is 0.243 e. The van der Waals surface area contributed by atoms with Crippen LogP contribution in [0, 0.1) is 0 Å². The number of aromatic nitrogens is 3. The quantitative estimate of drug-likeness (QED) is 0.530. The molecule has 0 atom stereocenters. The standard InChI is InChI=1S/C22H18N4O/c1-2-21(27)24-11-15-5-3-6-16(9-15)18-10-19-20(14-26-22(19)25-13-18)17-7-4-8-23-12-17/h2-10,12-14H,1,11H2,(H,24,27)(H,25,26). The first-order valence-corrected chi connectivity index (χ1v) is 8.62. The maximum Gasteiger partial charge on any atom is 0.243 e. The van der Waals surface area contributed by atoms with Gasteiger partial charge in [0, 0.05) is 53.4 Å². The molecule has 2 N–H and O–H groups in total. The third kappa shape index (κ3) is 3.48. The molecule has 0 radical (unpaired) electrons. The Morgan fingerprint density at radius 2 is 2.00 bits per heavy atom. The van der Waals surface area contributed by atoms with Crippen LogP contribution in [-0.4, -0.2) is 20.9 Å². The fourth-order valence-electron chi connectivity index (χ4n) is 3.04. The lowest BCUT2D eigenvalue weighted by Crippen LogP contribution is -2.19. The summed E-state index contributed by atoms with van der Waals surface area (Å²) in [4.78, 5) is 23.4. The minimum Gasteiger partial charge on any atom is -0.348 e. The van der Waals surface area contributed by atoms with E-state index in [0.717, 1.165) is 38.9 Å². The summed E-state index contributed by atoms with van der Waals surface area (Å²) in [6.45, 7) is 3.93. The minimum absolute atomic E-state index is 0.183. The molecule has 0 fully saturated rings. The molecular weight excluding hydrogens is 336 g/mol. The van der Waals surface area contributed by atoms with E-state index in [1.807, 2.05) is 48.9 Å². The van der Waals surface area contributed by atoms with Crippen molar-refractivity contribution < 1.29 is 4.79 Å². The van der Waals surface area contributed by atoms with Gasteiger partial charge in [0.1, 0.15) is 5.65 Å². The zero-order chi connectivity index (χ0) is 18.6. The molecule has 3 heterocycles. The van der Waals surface area contributed by atoms with Crippen LogP contribution < -0.4 is 5.32 Å². The van der Waals surface area contributed by atoms with Gasteiger partial charge < -0.3 is 10.3 Å². The number of nitrogens with one attached hydrogen (secondary N) is 2. The summed E-state index contributed by atoms with van der Waals surface area (Å²) in [7, 11) is 0. The van der Waals surface area contributed by atoms with E-state index in [0.29, 0.717) is 6.54 Å². The number of hydrogen-bond acceptors (Lipinski definition) is 3. The molecule has 0 aliphatic carbocycles. The molecule has 4 aromatic rings. The Kier molecular flexibility index (Phi) is 4.49. The Bertz CT molecular complexity index is 1120. The fourth-order valence-corrected chi connectivity index (χ4v) is 3.04. The van der Waals surface area contributed by atoms with Crippen LogP contribution in [0.2, 0.25) is 0 Å². The summed E-state index contributed by atoms with van der Waals surface area (Å²) in [6.07, 6.45) is 8.69. The highest BCUT2D eigenvalue weighted by molar-refractivity contribution is 5.95. The number of amides is 1. The molecule has 3 aromatic heterocycles. The number of hydrogen-bond donors (Lipinski definition) is 2. The normalized spacial score (nSPS) is 10.7. The average molecular weight is 354 g/mol. The Balaban J connectivity index is 1.70. The van der Waals surface area contributed by atoms with Crippen LogP contribution in [0.1, 0.15) is 5.56 Å². The highest BCUT2D eigenvalue weighted by Crippen LogP contribution is 2.30. The lowest BCUT2D eigenvalue weighted by atomic mass is 10.0. The lowest BCUT2D eigenvalue weighted by molar-refractivity contribution is -0.116. The van der Waals surface area contributed by atoms with Crippen molar-refractivity contribution in [3.8, 4) is 22.3 Å². The Morgan fingerprint density at radius 1 is 1.11 bits per heavy atom. The molecule has 0 spiro atoms. The summed E-state index contributed by atoms with van der Waals surface area (Å²) >= 11 is 0. The van der Waals surface area contributed by atoms with Crippen molar-refractivity contribution in [2.24, 2.45) is 0 Å². The van der Waals surface area contributed by atoms with Gasteiger partial charge in [-0.1, -0.05) is 30.8 Å². The van der Waals surface area contributed by atoms with Gasteiger partial charge in [0.15, 0.2) is 0 Å². The fraction of sp³-hybridized carbons (Fsp3) is 0.0455. The lowest BCUT2D eigenvalue weighted by Gasteiger charge is -2.07. The van der Waals surface area contributed by atoms with E-state index < -0.39 is 0 Å². The molecule has 0 aliphatic rings. The molecule has 132 valence electrons. The van der Waals surface area contributed by atoms with Gasteiger partial charge in [-0.05, 0) is 35.4 Å². The van der Waals surface area contributed by atoms with Crippen molar-refractivity contribution in [1.29, 1.82) is 0 Å². The number of H-pyrrole nitrogens is 1. The highest BCUT2D eigenvalue weighted by atomic mass is 16.1. The second-order valence-corrected chi connectivity index (χ2v) is 6.19. The predicted molar refractivity (Wildman–Crippen MR) is 107 cm³/mol. The van der Waals surface area contributed by atoms with E-state index >= 15 is 0 Å². The topological polar surface area (TPSA) is 70.7 Å². The largest absolute Gasteiger partial charge is 0.348 e. The van der Waals surface area contributed by atoms with Crippen LogP contribution in [0.3, 0.4) is 0 Å². The summed E-state index contributed by atoms with van der Waals surface area (Å²) < 4.78 is 0. The molecule has 0 aliphatic heterocycles. The summed E-state index contributed by atoms with van der Waals surface area (Å²) in [6, 6.07) is 14.1. The van der Waals surface area contributed by atoms with Gasteiger partial charge in [-0.25, -0.2) is 4.98 Å². The van der Waals surface area contributed by atoms with E-state index in [9.17, 15) is 4.79 Å². The van der Waals surface area contributed by atoms with E-state index in [1.54, 1.807) is 6.20 Å². The molecule has 0 saturated carbocycles. The van der Waals surface area contributed by atoms with Gasteiger partial charge in [-0.15, -0.1) is 0 Å². The third-order valence-electron chi connectivity index (χ3n) is 4.42. The van der Waals surface area contributed by atoms with Gasteiger partial charge in [0.25, 0.3) is 0 Å². The van der Waals surface area contributed by atoms with Crippen molar-refractivity contribution in [2.45, 2.75) is 6.54 Å². The zero-order valence-corrected chi connectivity index (χ0v) is 14.6. The molecule has 0 saturated heterocycles. The molecule has 1 aromatic carbocycles. The molecule has 1 amide bonds. The van der Waals surface area contributed by atoms with Crippen LogP contribution in [0.25, 0.3) is 33.3 Å². The van der Waals surface area contributed by atoms with Crippen molar-refractivity contribution in [2.75, 3.05) is 0 Å².